The van der Waals surface area contributed by atoms with Gasteiger partial charge in [0.25, 0.3) is 0 Å². The van der Waals surface area contributed by atoms with Crippen molar-refractivity contribution in [3.8, 4) is 0 Å². The van der Waals surface area contributed by atoms with Gasteiger partial charge in [0.05, 0.1) is 5.56 Å². The van der Waals surface area contributed by atoms with E-state index in [0.717, 1.165) is 5.69 Å². The number of aromatic carboxylic acids is 1. The molecule has 0 unspecified atom stereocenters. The maximum absolute atomic E-state index is 12.0. The van der Waals surface area contributed by atoms with E-state index >= 15 is 0 Å². The van der Waals surface area contributed by atoms with Gasteiger partial charge >= 0.3 is 12.1 Å². The molecule has 7 heteroatoms. The molecule has 1 saturated heterocycles. The molecule has 3 N–H and O–H groups in total. The number of carboxylic acid groups (broad SMARTS) is 1. The van der Waals surface area contributed by atoms with Crippen molar-refractivity contribution in [1.29, 1.82) is 0 Å². The van der Waals surface area contributed by atoms with E-state index in [1.165, 1.54) is 6.07 Å². The summed E-state index contributed by atoms with van der Waals surface area (Å²) in [7, 11) is 0. The summed E-state index contributed by atoms with van der Waals surface area (Å²) in [6.07, 6.45) is -0.323. The Labute approximate surface area is 135 Å². The van der Waals surface area contributed by atoms with Gasteiger partial charge in [0, 0.05) is 37.6 Å². The molecule has 23 heavy (non-hydrogen) atoms. The zero-order valence-corrected chi connectivity index (χ0v) is 13.7. The van der Waals surface area contributed by atoms with E-state index in [-0.39, 0.29) is 11.7 Å². The molecule has 0 bridgehead atoms. The second-order valence-electron chi connectivity index (χ2n) is 6.57. The molecule has 0 saturated carbocycles. The van der Waals surface area contributed by atoms with Crippen LogP contribution in [0.2, 0.25) is 0 Å². The summed E-state index contributed by atoms with van der Waals surface area (Å²) in [5, 5.41) is 9.11. The summed E-state index contributed by atoms with van der Waals surface area (Å²) in [5.41, 5.74) is 6.59. The number of piperazine rings is 1. The molecule has 0 atom stereocenters. The number of hydrogen-bond acceptors (Lipinski definition) is 5. The average Bonchev–Trinajstić information content (AvgIpc) is 2.45. The van der Waals surface area contributed by atoms with Crippen LogP contribution in [0.4, 0.5) is 16.2 Å². The van der Waals surface area contributed by atoms with Crippen LogP contribution < -0.4 is 10.6 Å². The van der Waals surface area contributed by atoms with Gasteiger partial charge in [-0.05, 0) is 39.0 Å². The number of ether oxygens (including phenoxy) is 1. The van der Waals surface area contributed by atoms with Crippen molar-refractivity contribution >= 4 is 23.4 Å². The number of nitrogens with zero attached hydrogens (tertiary/aromatic N) is 2. The minimum absolute atomic E-state index is 0.162. The van der Waals surface area contributed by atoms with Crippen LogP contribution in [0.5, 0.6) is 0 Å². The van der Waals surface area contributed by atoms with Crippen LogP contribution in [-0.2, 0) is 4.74 Å². The molecule has 2 rings (SSSR count). The first-order valence-electron chi connectivity index (χ1n) is 7.52. The van der Waals surface area contributed by atoms with Crippen LogP contribution in [0.25, 0.3) is 0 Å². The maximum atomic E-state index is 12.0. The zero-order chi connectivity index (χ0) is 17.2. The normalized spacial score (nSPS) is 15.4. The highest BCUT2D eigenvalue weighted by Crippen LogP contribution is 2.23. The molecule has 1 fully saturated rings. The Bertz CT molecular complexity index is 602. The minimum atomic E-state index is -1.01. The fourth-order valence-electron chi connectivity index (χ4n) is 2.41. The van der Waals surface area contributed by atoms with Crippen LogP contribution in [0, 0.1) is 0 Å². The third-order valence-electron chi connectivity index (χ3n) is 3.48. The third-order valence-corrected chi connectivity index (χ3v) is 3.48. The van der Waals surface area contributed by atoms with E-state index in [0.29, 0.717) is 31.9 Å². The summed E-state index contributed by atoms with van der Waals surface area (Å²) in [6.45, 7) is 7.74. The number of amides is 1. The van der Waals surface area contributed by atoms with Gasteiger partial charge < -0.3 is 25.4 Å². The smallest absolute Gasteiger partial charge is 0.410 e. The van der Waals surface area contributed by atoms with Crippen LogP contribution in [0.15, 0.2) is 18.2 Å². The van der Waals surface area contributed by atoms with Crippen LogP contribution in [-0.4, -0.2) is 53.8 Å². The van der Waals surface area contributed by atoms with Crippen molar-refractivity contribution < 1.29 is 19.4 Å². The van der Waals surface area contributed by atoms with Crippen LogP contribution in [0.1, 0.15) is 31.1 Å². The van der Waals surface area contributed by atoms with Gasteiger partial charge in [-0.1, -0.05) is 0 Å². The van der Waals surface area contributed by atoms with Gasteiger partial charge in [0.2, 0.25) is 0 Å². The van der Waals surface area contributed by atoms with Crippen molar-refractivity contribution in [3.63, 3.8) is 0 Å². The van der Waals surface area contributed by atoms with Gasteiger partial charge in [-0.2, -0.15) is 0 Å². The Morgan fingerprint density at radius 1 is 1.13 bits per heavy atom. The van der Waals surface area contributed by atoms with Gasteiger partial charge in [-0.15, -0.1) is 0 Å². The molecule has 0 spiro atoms. The molecule has 1 amide bonds. The number of carboxylic acids is 1. The number of rotatable bonds is 2. The molecule has 0 radical (unpaired) electrons. The van der Waals surface area contributed by atoms with E-state index in [4.69, 9.17) is 15.6 Å². The average molecular weight is 321 g/mol. The third kappa shape index (κ3) is 4.51. The summed E-state index contributed by atoms with van der Waals surface area (Å²) in [4.78, 5) is 26.8. The van der Waals surface area contributed by atoms with Crippen molar-refractivity contribution in [2.24, 2.45) is 0 Å². The molecule has 1 aromatic rings. The van der Waals surface area contributed by atoms with E-state index in [9.17, 15) is 9.59 Å². The van der Waals surface area contributed by atoms with E-state index < -0.39 is 11.6 Å². The fraction of sp³-hybridized carbons (Fsp3) is 0.500. The second-order valence-corrected chi connectivity index (χ2v) is 6.57. The fourth-order valence-corrected chi connectivity index (χ4v) is 2.41. The van der Waals surface area contributed by atoms with E-state index in [2.05, 4.69) is 0 Å². The molecule has 126 valence electrons. The predicted molar refractivity (Wildman–Crippen MR) is 87.8 cm³/mol. The van der Waals surface area contributed by atoms with Gasteiger partial charge in [-0.25, -0.2) is 9.59 Å². The Morgan fingerprint density at radius 3 is 2.26 bits per heavy atom. The Hall–Kier alpha value is -2.44. The summed E-state index contributed by atoms with van der Waals surface area (Å²) in [6, 6.07) is 4.78. The lowest BCUT2D eigenvalue weighted by atomic mass is 10.1. The van der Waals surface area contributed by atoms with Crippen molar-refractivity contribution in [3.05, 3.63) is 23.8 Å². The summed E-state index contributed by atoms with van der Waals surface area (Å²) < 4.78 is 5.36. The molecule has 0 aliphatic carbocycles. The van der Waals surface area contributed by atoms with E-state index in [1.807, 2.05) is 25.7 Å². The SMILES string of the molecule is CC(C)(C)OC(=O)N1CCN(c2cc(N)cc(C(=O)O)c2)CC1. The molecular formula is C16H23N3O4. The first kappa shape index (κ1) is 16.9. The molecule has 0 aromatic heterocycles. The Kier molecular flexibility index (Phi) is 4.68. The van der Waals surface area contributed by atoms with Gasteiger partial charge in [-0.3, -0.25) is 0 Å². The molecule has 1 aliphatic rings. The van der Waals surface area contributed by atoms with Crippen LogP contribution in [0.3, 0.4) is 0 Å². The quantitative estimate of drug-likeness (QED) is 0.809. The van der Waals surface area contributed by atoms with Gasteiger partial charge in [0.15, 0.2) is 0 Å². The summed E-state index contributed by atoms with van der Waals surface area (Å²) >= 11 is 0. The Balaban J connectivity index is 2.02. The van der Waals surface area contributed by atoms with Crippen LogP contribution >= 0.6 is 0 Å². The van der Waals surface area contributed by atoms with Crippen molar-refractivity contribution in [1.82, 2.24) is 4.90 Å². The first-order chi connectivity index (χ1) is 10.7. The second kappa shape index (κ2) is 6.36. The summed E-state index contributed by atoms with van der Waals surface area (Å²) in [5.74, 6) is -1.01. The Morgan fingerprint density at radius 2 is 1.74 bits per heavy atom. The lowest BCUT2D eigenvalue weighted by Gasteiger charge is -2.36. The number of hydrogen-bond donors (Lipinski definition) is 2. The lowest BCUT2D eigenvalue weighted by Crippen LogP contribution is -2.50. The predicted octanol–water partition coefficient (Wildman–Crippen LogP) is 2.02. The largest absolute Gasteiger partial charge is 0.478 e. The highest BCUT2D eigenvalue weighted by molar-refractivity contribution is 5.90. The van der Waals surface area contributed by atoms with E-state index in [1.54, 1.807) is 17.0 Å². The first-order valence-corrected chi connectivity index (χ1v) is 7.52. The van der Waals surface area contributed by atoms with Gasteiger partial charge in [0.1, 0.15) is 5.60 Å². The molecule has 1 aliphatic heterocycles. The number of nitrogen functional groups attached to an aromatic ring is 1. The topological polar surface area (TPSA) is 96.1 Å². The molecule has 7 nitrogen and oxygen atoms in total. The highest BCUT2D eigenvalue weighted by atomic mass is 16.6. The number of anilines is 2. The standard InChI is InChI=1S/C16H23N3O4/c1-16(2,3)23-15(22)19-6-4-18(5-7-19)13-9-11(14(20)21)8-12(17)10-13/h8-10H,4-7,17H2,1-3H3,(H,20,21). The number of nitrogens with two attached hydrogens (primary N) is 1. The number of carbonyl (C=O) groups is 2. The molecular weight excluding hydrogens is 298 g/mol. The van der Waals surface area contributed by atoms with Crippen molar-refractivity contribution in [2.75, 3.05) is 36.8 Å². The molecule has 1 aromatic carbocycles. The maximum Gasteiger partial charge on any atom is 0.410 e. The monoisotopic (exact) mass is 321 g/mol. The number of carbonyl (C=O) groups excluding carboxylic acids is 1. The highest BCUT2D eigenvalue weighted by Gasteiger charge is 2.26. The molecule has 1 heterocycles. The van der Waals surface area contributed by atoms with Crippen molar-refractivity contribution in [2.45, 2.75) is 26.4 Å². The zero-order valence-electron chi connectivity index (χ0n) is 13.7. The minimum Gasteiger partial charge on any atom is -0.478 e. The number of benzene rings is 1. The lowest BCUT2D eigenvalue weighted by molar-refractivity contribution is 0.0240.